The first-order valence-electron chi connectivity index (χ1n) is 4.39. The van der Waals surface area contributed by atoms with E-state index in [4.69, 9.17) is 5.26 Å². The van der Waals surface area contributed by atoms with Crippen molar-refractivity contribution in [3.63, 3.8) is 0 Å². The molecule has 0 radical (unpaired) electrons. The Balaban J connectivity index is 4.69. The first-order valence-corrected chi connectivity index (χ1v) is 5.83. The van der Waals surface area contributed by atoms with E-state index < -0.39 is 15.7 Å². The van der Waals surface area contributed by atoms with Crippen molar-refractivity contribution in [1.82, 2.24) is 9.03 Å². The zero-order chi connectivity index (χ0) is 11.4. The average molecular weight is 219 g/mol. The largest absolute Gasteiger partial charge is 0.280 e. The fourth-order valence-electron chi connectivity index (χ4n) is 0.897. The van der Waals surface area contributed by atoms with E-state index in [9.17, 15) is 8.42 Å². The molecule has 0 saturated heterocycles. The van der Waals surface area contributed by atoms with Crippen LogP contribution in [-0.4, -0.2) is 31.4 Å². The Labute approximate surface area is 85.9 Å². The smallest absolute Gasteiger partial charge is 0.197 e. The summed E-state index contributed by atoms with van der Waals surface area (Å²) in [6.45, 7) is 7.13. The summed E-state index contributed by atoms with van der Waals surface area (Å²) >= 11 is 0. The summed E-state index contributed by atoms with van der Waals surface area (Å²) in [4.78, 5) is 0. The maximum absolute atomic E-state index is 11.6. The number of nitrogens with one attached hydrogen (secondary N) is 1. The van der Waals surface area contributed by atoms with Crippen molar-refractivity contribution >= 4 is 10.2 Å². The standard InChI is InChI=1S/C8H17N3O2S/c1-5-11(7-6-9)14(12,13)10-8(2,3)4/h10H,5,7H2,1-4H3. The lowest BCUT2D eigenvalue weighted by Crippen LogP contribution is -2.48. The van der Waals surface area contributed by atoms with E-state index in [0.29, 0.717) is 6.54 Å². The lowest BCUT2D eigenvalue weighted by atomic mass is 10.1. The fourth-order valence-corrected chi connectivity index (χ4v) is 2.37. The summed E-state index contributed by atoms with van der Waals surface area (Å²) in [5.74, 6) is 0. The molecule has 6 heteroatoms. The van der Waals surface area contributed by atoms with Gasteiger partial charge in [-0.15, -0.1) is 0 Å². The topological polar surface area (TPSA) is 73.2 Å². The van der Waals surface area contributed by atoms with Gasteiger partial charge in [-0.05, 0) is 20.8 Å². The third kappa shape index (κ3) is 4.56. The molecule has 0 atom stereocenters. The molecule has 0 saturated carbocycles. The van der Waals surface area contributed by atoms with E-state index >= 15 is 0 Å². The zero-order valence-electron chi connectivity index (χ0n) is 9.03. The zero-order valence-corrected chi connectivity index (χ0v) is 9.85. The first kappa shape index (κ1) is 13.4. The minimum Gasteiger partial charge on any atom is -0.197 e. The summed E-state index contributed by atoms with van der Waals surface area (Å²) in [7, 11) is -3.53. The van der Waals surface area contributed by atoms with E-state index in [1.54, 1.807) is 27.7 Å². The first-order chi connectivity index (χ1) is 6.23. The maximum atomic E-state index is 11.6. The molecule has 0 aromatic heterocycles. The monoisotopic (exact) mass is 219 g/mol. The summed E-state index contributed by atoms with van der Waals surface area (Å²) in [6.07, 6.45) is 0. The SMILES string of the molecule is CCN(CC#N)S(=O)(=O)NC(C)(C)C. The lowest BCUT2D eigenvalue weighted by Gasteiger charge is -2.25. The Bertz CT molecular complexity index is 310. The highest BCUT2D eigenvalue weighted by atomic mass is 32.2. The quantitative estimate of drug-likeness (QED) is 0.698. The van der Waals surface area contributed by atoms with Crippen LogP contribution >= 0.6 is 0 Å². The molecule has 1 N–H and O–H groups in total. The molecule has 0 aromatic carbocycles. The van der Waals surface area contributed by atoms with Gasteiger partial charge in [0.2, 0.25) is 0 Å². The lowest BCUT2D eigenvalue weighted by molar-refractivity contribution is 0.418. The van der Waals surface area contributed by atoms with Crippen LogP contribution in [0.4, 0.5) is 0 Å². The Morgan fingerprint density at radius 1 is 1.43 bits per heavy atom. The van der Waals surface area contributed by atoms with Crippen molar-refractivity contribution < 1.29 is 8.42 Å². The average Bonchev–Trinajstić information content (AvgIpc) is 1.94. The van der Waals surface area contributed by atoms with Gasteiger partial charge in [0.15, 0.2) is 0 Å². The normalized spacial score (nSPS) is 12.9. The van der Waals surface area contributed by atoms with E-state index in [1.807, 2.05) is 6.07 Å². The molecule has 0 unspecified atom stereocenters. The van der Waals surface area contributed by atoms with Crippen molar-refractivity contribution in [1.29, 1.82) is 5.26 Å². The van der Waals surface area contributed by atoms with Gasteiger partial charge in [-0.3, -0.25) is 0 Å². The van der Waals surface area contributed by atoms with Crippen LogP contribution in [0.1, 0.15) is 27.7 Å². The van der Waals surface area contributed by atoms with E-state index in [-0.39, 0.29) is 6.54 Å². The molecular formula is C8H17N3O2S. The Hall–Kier alpha value is -0.640. The molecule has 0 heterocycles. The fraction of sp³-hybridized carbons (Fsp3) is 0.875. The Morgan fingerprint density at radius 3 is 2.21 bits per heavy atom. The van der Waals surface area contributed by atoms with Crippen LogP contribution < -0.4 is 4.72 Å². The second-order valence-electron chi connectivity index (χ2n) is 3.94. The molecule has 0 spiro atoms. The molecule has 5 nitrogen and oxygen atoms in total. The number of nitrogens with zero attached hydrogens (tertiary/aromatic N) is 2. The second-order valence-corrected chi connectivity index (χ2v) is 5.61. The number of rotatable bonds is 4. The summed E-state index contributed by atoms with van der Waals surface area (Å²) in [6, 6.07) is 1.82. The third-order valence-electron chi connectivity index (χ3n) is 1.37. The molecule has 0 aromatic rings. The van der Waals surface area contributed by atoms with Crippen molar-refractivity contribution in [3.8, 4) is 6.07 Å². The van der Waals surface area contributed by atoms with Crippen molar-refractivity contribution in [2.45, 2.75) is 33.2 Å². The molecule has 0 fully saturated rings. The van der Waals surface area contributed by atoms with Gasteiger partial charge < -0.3 is 0 Å². The Kier molecular flexibility index (Phi) is 4.52. The predicted molar refractivity (Wildman–Crippen MR) is 54.7 cm³/mol. The van der Waals surface area contributed by atoms with Crippen LogP contribution in [0.3, 0.4) is 0 Å². The van der Waals surface area contributed by atoms with Crippen LogP contribution in [0, 0.1) is 11.3 Å². The molecule has 0 bridgehead atoms. The molecule has 0 aliphatic rings. The third-order valence-corrected chi connectivity index (χ3v) is 3.31. The highest BCUT2D eigenvalue weighted by molar-refractivity contribution is 7.87. The molecule has 0 aliphatic carbocycles. The summed E-state index contributed by atoms with van der Waals surface area (Å²) in [5.41, 5.74) is -0.526. The molecule has 0 amide bonds. The second kappa shape index (κ2) is 4.73. The maximum Gasteiger partial charge on any atom is 0.280 e. The minimum atomic E-state index is -3.53. The van der Waals surface area contributed by atoms with Crippen LogP contribution in [0.15, 0.2) is 0 Å². The van der Waals surface area contributed by atoms with Gasteiger partial charge in [0.25, 0.3) is 10.2 Å². The molecule has 82 valence electrons. The highest BCUT2D eigenvalue weighted by Crippen LogP contribution is 2.05. The molecule has 0 aliphatic heterocycles. The van der Waals surface area contributed by atoms with Crippen molar-refractivity contribution in [2.75, 3.05) is 13.1 Å². The molecule has 0 rings (SSSR count). The van der Waals surface area contributed by atoms with Gasteiger partial charge in [-0.25, -0.2) is 0 Å². The summed E-state index contributed by atoms with van der Waals surface area (Å²) in [5, 5.41) is 8.45. The van der Waals surface area contributed by atoms with Crippen LogP contribution in [0.25, 0.3) is 0 Å². The van der Waals surface area contributed by atoms with Gasteiger partial charge in [-0.2, -0.15) is 22.7 Å². The Morgan fingerprint density at radius 2 is 1.93 bits per heavy atom. The minimum absolute atomic E-state index is 0.123. The van der Waals surface area contributed by atoms with Crippen LogP contribution in [-0.2, 0) is 10.2 Å². The van der Waals surface area contributed by atoms with Gasteiger partial charge in [0, 0.05) is 12.1 Å². The van der Waals surface area contributed by atoms with E-state index in [0.717, 1.165) is 4.31 Å². The van der Waals surface area contributed by atoms with Gasteiger partial charge >= 0.3 is 0 Å². The predicted octanol–water partition coefficient (Wildman–Crippen LogP) is 0.465. The van der Waals surface area contributed by atoms with Crippen molar-refractivity contribution in [2.24, 2.45) is 0 Å². The van der Waals surface area contributed by atoms with Gasteiger partial charge in [0.1, 0.15) is 6.54 Å². The number of hydrogen-bond donors (Lipinski definition) is 1. The number of nitriles is 1. The van der Waals surface area contributed by atoms with Gasteiger partial charge in [-0.1, -0.05) is 6.92 Å². The van der Waals surface area contributed by atoms with Gasteiger partial charge in [0.05, 0.1) is 6.07 Å². The molecular weight excluding hydrogens is 202 g/mol. The number of hydrogen-bond acceptors (Lipinski definition) is 3. The van der Waals surface area contributed by atoms with Crippen molar-refractivity contribution in [3.05, 3.63) is 0 Å². The van der Waals surface area contributed by atoms with Crippen LogP contribution in [0.2, 0.25) is 0 Å². The van der Waals surface area contributed by atoms with E-state index in [1.165, 1.54) is 0 Å². The van der Waals surface area contributed by atoms with Crippen LogP contribution in [0.5, 0.6) is 0 Å². The summed E-state index contributed by atoms with van der Waals surface area (Å²) < 4.78 is 26.8. The molecule has 14 heavy (non-hydrogen) atoms. The highest BCUT2D eigenvalue weighted by Gasteiger charge is 2.25. The van der Waals surface area contributed by atoms with E-state index in [2.05, 4.69) is 4.72 Å².